The van der Waals surface area contributed by atoms with Crippen LogP contribution in [0.5, 0.6) is 0 Å². The molecule has 0 saturated heterocycles. The molecule has 0 unspecified atom stereocenters. The first-order chi connectivity index (χ1) is 7.39. The number of aryl methyl sites for hydroxylation is 1. The summed E-state index contributed by atoms with van der Waals surface area (Å²) in [5.41, 5.74) is 6.98. The van der Waals surface area contributed by atoms with Crippen molar-refractivity contribution in [3.63, 3.8) is 0 Å². The molecule has 1 amide bonds. The van der Waals surface area contributed by atoms with Crippen LogP contribution in [-0.2, 0) is 11.3 Å². The summed E-state index contributed by atoms with van der Waals surface area (Å²) in [5, 5.41) is 3.26. The predicted octanol–water partition coefficient (Wildman–Crippen LogP) is 1.13. The molecule has 0 bridgehead atoms. The minimum atomic E-state index is -0.297. The molecular weight excluding hydrogens is 202 g/mol. The lowest BCUT2D eigenvalue weighted by atomic mass is 10.0. The molecule has 1 aromatic heterocycles. The highest BCUT2D eigenvalue weighted by atomic mass is 16.1. The first kappa shape index (κ1) is 12.6. The molecule has 4 heteroatoms. The maximum absolute atomic E-state index is 10.8. The molecule has 0 atom stereocenters. The van der Waals surface area contributed by atoms with Gasteiger partial charge >= 0.3 is 0 Å². The third kappa shape index (κ3) is 4.40. The number of pyridine rings is 1. The number of hydrogen-bond acceptors (Lipinski definition) is 3. The SMILES string of the molecule is Cc1ccc(CNC(C)(C)CC(N)=O)nc1. The lowest BCUT2D eigenvalue weighted by molar-refractivity contribution is -0.119. The Hall–Kier alpha value is -1.42. The van der Waals surface area contributed by atoms with E-state index in [0.717, 1.165) is 11.3 Å². The van der Waals surface area contributed by atoms with Gasteiger partial charge in [-0.2, -0.15) is 0 Å². The minimum Gasteiger partial charge on any atom is -0.370 e. The van der Waals surface area contributed by atoms with Gasteiger partial charge in [-0.25, -0.2) is 0 Å². The summed E-state index contributed by atoms with van der Waals surface area (Å²) in [6.45, 7) is 6.54. The van der Waals surface area contributed by atoms with Gasteiger partial charge in [-0.15, -0.1) is 0 Å². The summed E-state index contributed by atoms with van der Waals surface area (Å²) in [7, 11) is 0. The molecule has 1 rings (SSSR count). The number of rotatable bonds is 5. The first-order valence-electron chi connectivity index (χ1n) is 5.34. The molecule has 0 aromatic carbocycles. The fraction of sp³-hybridized carbons (Fsp3) is 0.500. The van der Waals surface area contributed by atoms with Crippen molar-refractivity contribution in [3.8, 4) is 0 Å². The lowest BCUT2D eigenvalue weighted by Crippen LogP contribution is -2.42. The van der Waals surface area contributed by atoms with Crippen molar-refractivity contribution < 1.29 is 4.79 Å². The van der Waals surface area contributed by atoms with Crippen molar-refractivity contribution in [2.24, 2.45) is 5.73 Å². The molecule has 0 spiro atoms. The Balaban J connectivity index is 2.50. The normalized spacial score (nSPS) is 11.4. The predicted molar refractivity (Wildman–Crippen MR) is 63.7 cm³/mol. The van der Waals surface area contributed by atoms with Crippen LogP contribution < -0.4 is 11.1 Å². The molecule has 0 radical (unpaired) electrons. The molecular formula is C12H19N3O. The molecule has 1 aromatic rings. The molecule has 0 aliphatic rings. The fourth-order valence-corrected chi connectivity index (χ4v) is 1.43. The Labute approximate surface area is 96.3 Å². The topological polar surface area (TPSA) is 68.0 Å². The summed E-state index contributed by atoms with van der Waals surface area (Å²) in [6, 6.07) is 3.99. The number of amides is 1. The highest BCUT2D eigenvalue weighted by Crippen LogP contribution is 2.08. The van der Waals surface area contributed by atoms with Gasteiger partial charge in [0, 0.05) is 24.7 Å². The second kappa shape index (κ2) is 5.07. The van der Waals surface area contributed by atoms with Crippen LogP contribution >= 0.6 is 0 Å². The van der Waals surface area contributed by atoms with E-state index in [0.29, 0.717) is 13.0 Å². The van der Waals surface area contributed by atoms with E-state index in [1.807, 2.05) is 39.1 Å². The Morgan fingerprint density at radius 2 is 2.19 bits per heavy atom. The van der Waals surface area contributed by atoms with Gasteiger partial charge in [-0.1, -0.05) is 6.07 Å². The van der Waals surface area contributed by atoms with E-state index in [-0.39, 0.29) is 11.4 Å². The van der Waals surface area contributed by atoms with Crippen LogP contribution in [0.15, 0.2) is 18.3 Å². The van der Waals surface area contributed by atoms with Gasteiger partial charge < -0.3 is 11.1 Å². The van der Waals surface area contributed by atoms with Crippen molar-refractivity contribution >= 4 is 5.91 Å². The smallest absolute Gasteiger partial charge is 0.219 e. The van der Waals surface area contributed by atoms with Crippen LogP contribution in [0, 0.1) is 6.92 Å². The Morgan fingerprint density at radius 3 is 2.69 bits per heavy atom. The van der Waals surface area contributed by atoms with Gasteiger partial charge in [0.15, 0.2) is 0 Å². The zero-order valence-electron chi connectivity index (χ0n) is 10.1. The highest BCUT2D eigenvalue weighted by Gasteiger charge is 2.19. The van der Waals surface area contributed by atoms with Crippen molar-refractivity contribution in [2.75, 3.05) is 0 Å². The summed E-state index contributed by atoms with van der Waals surface area (Å²) < 4.78 is 0. The van der Waals surface area contributed by atoms with E-state index in [4.69, 9.17) is 5.73 Å². The summed E-state index contributed by atoms with van der Waals surface area (Å²) >= 11 is 0. The van der Waals surface area contributed by atoms with Gasteiger partial charge in [0.2, 0.25) is 5.91 Å². The van der Waals surface area contributed by atoms with Crippen molar-refractivity contribution in [2.45, 2.75) is 39.3 Å². The van der Waals surface area contributed by atoms with E-state index >= 15 is 0 Å². The van der Waals surface area contributed by atoms with Gasteiger partial charge in [0.05, 0.1) is 5.69 Å². The minimum absolute atomic E-state index is 0.293. The Morgan fingerprint density at radius 1 is 1.50 bits per heavy atom. The van der Waals surface area contributed by atoms with Crippen LogP contribution in [0.1, 0.15) is 31.5 Å². The monoisotopic (exact) mass is 221 g/mol. The maximum Gasteiger partial charge on any atom is 0.219 e. The van der Waals surface area contributed by atoms with Crippen LogP contribution in [-0.4, -0.2) is 16.4 Å². The largest absolute Gasteiger partial charge is 0.370 e. The van der Waals surface area contributed by atoms with Gasteiger partial charge in [0.25, 0.3) is 0 Å². The second-order valence-corrected chi connectivity index (χ2v) is 4.71. The molecule has 0 saturated carbocycles. The zero-order chi connectivity index (χ0) is 12.2. The van der Waals surface area contributed by atoms with Gasteiger partial charge in [-0.3, -0.25) is 9.78 Å². The van der Waals surface area contributed by atoms with Crippen LogP contribution in [0.4, 0.5) is 0 Å². The molecule has 4 nitrogen and oxygen atoms in total. The number of nitrogens with zero attached hydrogens (tertiary/aromatic N) is 1. The van der Waals surface area contributed by atoms with E-state index in [9.17, 15) is 4.79 Å². The van der Waals surface area contributed by atoms with E-state index in [1.165, 1.54) is 0 Å². The van der Waals surface area contributed by atoms with E-state index < -0.39 is 0 Å². The molecule has 88 valence electrons. The number of hydrogen-bond donors (Lipinski definition) is 2. The summed E-state index contributed by atoms with van der Waals surface area (Å²) in [5.74, 6) is -0.297. The van der Waals surface area contributed by atoms with Gasteiger partial charge in [0.1, 0.15) is 0 Å². The summed E-state index contributed by atoms with van der Waals surface area (Å²) in [4.78, 5) is 15.1. The third-order valence-corrected chi connectivity index (χ3v) is 2.34. The quantitative estimate of drug-likeness (QED) is 0.783. The molecule has 0 fully saturated rings. The fourth-order valence-electron chi connectivity index (χ4n) is 1.43. The van der Waals surface area contributed by atoms with Crippen molar-refractivity contribution in [1.29, 1.82) is 0 Å². The number of primary amides is 1. The zero-order valence-corrected chi connectivity index (χ0v) is 10.1. The first-order valence-corrected chi connectivity index (χ1v) is 5.34. The number of nitrogens with one attached hydrogen (secondary N) is 1. The molecule has 0 aliphatic carbocycles. The number of aromatic nitrogens is 1. The Kier molecular flexibility index (Phi) is 4.01. The number of carbonyl (C=O) groups is 1. The van der Waals surface area contributed by atoms with E-state index in [1.54, 1.807) is 0 Å². The molecule has 0 aliphatic heterocycles. The summed E-state index contributed by atoms with van der Waals surface area (Å²) in [6.07, 6.45) is 2.15. The Bertz CT molecular complexity index is 357. The van der Waals surface area contributed by atoms with Crippen molar-refractivity contribution in [1.82, 2.24) is 10.3 Å². The van der Waals surface area contributed by atoms with Gasteiger partial charge in [-0.05, 0) is 32.4 Å². The average Bonchev–Trinajstić information content (AvgIpc) is 2.15. The molecule has 16 heavy (non-hydrogen) atoms. The highest BCUT2D eigenvalue weighted by molar-refractivity contribution is 5.74. The number of nitrogens with two attached hydrogens (primary N) is 1. The maximum atomic E-state index is 10.8. The van der Waals surface area contributed by atoms with E-state index in [2.05, 4.69) is 10.3 Å². The third-order valence-electron chi connectivity index (χ3n) is 2.34. The van der Waals surface area contributed by atoms with Crippen molar-refractivity contribution in [3.05, 3.63) is 29.6 Å². The lowest BCUT2D eigenvalue weighted by Gasteiger charge is -2.24. The number of carbonyl (C=O) groups excluding carboxylic acids is 1. The van der Waals surface area contributed by atoms with Crippen LogP contribution in [0.25, 0.3) is 0 Å². The molecule has 1 heterocycles. The van der Waals surface area contributed by atoms with Crippen LogP contribution in [0.3, 0.4) is 0 Å². The standard InChI is InChI=1S/C12H19N3O/c1-9-4-5-10(14-7-9)8-15-12(2,3)6-11(13)16/h4-5,7,15H,6,8H2,1-3H3,(H2,13,16). The average molecular weight is 221 g/mol. The second-order valence-electron chi connectivity index (χ2n) is 4.71. The molecule has 3 N–H and O–H groups in total. The van der Waals surface area contributed by atoms with Crippen LogP contribution in [0.2, 0.25) is 0 Å².